The molecular weight excluding hydrogens is 362 g/mol. The van der Waals surface area contributed by atoms with Crippen molar-refractivity contribution in [2.24, 2.45) is 10.1 Å². The third-order valence-corrected chi connectivity index (χ3v) is 5.38. The lowest BCUT2D eigenvalue weighted by Gasteiger charge is -2.33. The summed E-state index contributed by atoms with van der Waals surface area (Å²) < 4.78 is 0. The molecule has 1 N–H and O–H groups in total. The van der Waals surface area contributed by atoms with Gasteiger partial charge in [0, 0.05) is 44.9 Å². The maximum Gasteiger partial charge on any atom is 0.215 e. The zero-order chi connectivity index (χ0) is 20.2. The van der Waals surface area contributed by atoms with Gasteiger partial charge in [-0.15, -0.1) is 0 Å². The van der Waals surface area contributed by atoms with Crippen LogP contribution in [0.4, 0.5) is 5.69 Å². The van der Waals surface area contributed by atoms with Gasteiger partial charge in [-0.05, 0) is 36.1 Å². The molecule has 0 spiro atoms. The molecule has 2 aromatic rings. The molecule has 0 saturated carbocycles. The van der Waals surface area contributed by atoms with Crippen LogP contribution in [0.1, 0.15) is 46.8 Å². The molecule has 6 nitrogen and oxygen atoms in total. The van der Waals surface area contributed by atoms with Gasteiger partial charge in [-0.3, -0.25) is 9.79 Å². The molecule has 0 fully saturated rings. The number of benzene rings is 2. The molecule has 6 heteroatoms. The Balaban J connectivity index is 1.65. The molecule has 0 radical (unpaired) electrons. The van der Waals surface area contributed by atoms with E-state index in [4.69, 9.17) is 0 Å². The third-order valence-electron chi connectivity index (χ3n) is 5.38. The van der Waals surface area contributed by atoms with Crippen LogP contribution in [0.25, 0.3) is 0 Å². The molecule has 1 unspecified atom stereocenters. The predicted octanol–water partition coefficient (Wildman–Crippen LogP) is 3.46. The van der Waals surface area contributed by atoms with Crippen LogP contribution in [0.15, 0.2) is 58.6 Å². The highest BCUT2D eigenvalue weighted by atomic mass is 16.1. The van der Waals surface area contributed by atoms with E-state index in [2.05, 4.69) is 21.5 Å². The van der Waals surface area contributed by atoms with E-state index in [1.54, 1.807) is 0 Å². The zero-order valence-electron chi connectivity index (χ0n) is 17.0. The standard InChI is InChI=1S/C23H27N5O/c1-27(2)19-10-7-9-17(14-19)22(29)15-21-20-11-4-3-8-18(20)16-26-28(21)23-24-12-5-6-13-25-23/h3-4,7-11,14,16,21H,5-6,12-13,15H2,1-2H3,(H,24,25). The van der Waals surface area contributed by atoms with Gasteiger partial charge in [0.1, 0.15) is 0 Å². The van der Waals surface area contributed by atoms with Crippen molar-refractivity contribution in [2.75, 3.05) is 32.1 Å². The molecule has 0 aliphatic carbocycles. The lowest BCUT2D eigenvalue weighted by molar-refractivity contribution is 0.0948. The second-order valence-electron chi connectivity index (χ2n) is 7.65. The highest BCUT2D eigenvalue weighted by Gasteiger charge is 2.31. The van der Waals surface area contributed by atoms with Crippen LogP contribution in [-0.2, 0) is 0 Å². The first-order valence-electron chi connectivity index (χ1n) is 10.1. The first kappa shape index (κ1) is 19.2. The van der Waals surface area contributed by atoms with Gasteiger partial charge in [-0.1, -0.05) is 36.4 Å². The van der Waals surface area contributed by atoms with E-state index in [0.717, 1.165) is 54.3 Å². The number of ketones is 1. The van der Waals surface area contributed by atoms with E-state index in [1.807, 2.05) is 72.7 Å². The first-order valence-corrected chi connectivity index (χ1v) is 10.1. The number of rotatable bonds is 4. The third kappa shape index (κ3) is 4.16. The fraction of sp³-hybridized carbons (Fsp3) is 0.348. The highest BCUT2D eigenvalue weighted by Crippen LogP contribution is 2.32. The van der Waals surface area contributed by atoms with Crippen LogP contribution in [0, 0.1) is 0 Å². The summed E-state index contributed by atoms with van der Waals surface area (Å²) in [6.07, 6.45) is 4.34. The van der Waals surface area contributed by atoms with Crippen molar-refractivity contribution in [3.05, 3.63) is 65.2 Å². The van der Waals surface area contributed by atoms with Crippen molar-refractivity contribution in [3.63, 3.8) is 0 Å². The van der Waals surface area contributed by atoms with Crippen LogP contribution >= 0.6 is 0 Å². The summed E-state index contributed by atoms with van der Waals surface area (Å²) >= 11 is 0. The van der Waals surface area contributed by atoms with Crippen molar-refractivity contribution in [3.8, 4) is 0 Å². The van der Waals surface area contributed by atoms with Crippen molar-refractivity contribution < 1.29 is 4.79 Å². The van der Waals surface area contributed by atoms with Gasteiger partial charge in [0.15, 0.2) is 5.78 Å². The Bertz CT molecular complexity index is 950. The number of hydrogen-bond donors (Lipinski definition) is 1. The number of fused-ring (bicyclic) bond motifs is 1. The van der Waals surface area contributed by atoms with Gasteiger partial charge in [0.2, 0.25) is 5.96 Å². The lowest BCUT2D eigenvalue weighted by atomic mass is 9.93. The summed E-state index contributed by atoms with van der Waals surface area (Å²) in [6.45, 7) is 1.65. The molecule has 0 aromatic heterocycles. The number of carbonyl (C=O) groups excluding carboxylic acids is 1. The number of hydrogen-bond acceptors (Lipinski definition) is 6. The van der Waals surface area contributed by atoms with E-state index in [1.165, 1.54) is 0 Å². The summed E-state index contributed by atoms with van der Waals surface area (Å²) in [7, 11) is 3.96. The normalized spacial score (nSPS) is 18.3. The minimum absolute atomic E-state index is 0.102. The second kappa shape index (κ2) is 8.47. The van der Waals surface area contributed by atoms with Crippen LogP contribution in [0.5, 0.6) is 0 Å². The summed E-state index contributed by atoms with van der Waals surface area (Å²) in [5.74, 6) is 0.859. The van der Waals surface area contributed by atoms with Crippen molar-refractivity contribution in [1.29, 1.82) is 0 Å². The predicted molar refractivity (Wildman–Crippen MR) is 118 cm³/mol. The molecule has 2 heterocycles. The van der Waals surface area contributed by atoms with Gasteiger partial charge < -0.3 is 10.2 Å². The first-order chi connectivity index (χ1) is 14.1. The fourth-order valence-electron chi connectivity index (χ4n) is 3.75. The van der Waals surface area contributed by atoms with E-state index in [-0.39, 0.29) is 11.8 Å². The van der Waals surface area contributed by atoms with Crippen LogP contribution in [-0.4, -0.2) is 50.2 Å². The topological polar surface area (TPSA) is 60.3 Å². The smallest absolute Gasteiger partial charge is 0.215 e. The number of carbonyl (C=O) groups is 1. The fourth-order valence-corrected chi connectivity index (χ4v) is 3.75. The summed E-state index contributed by atoms with van der Waals surface area (Å²) in [5.41, 5.74) is 3.90. The van der Waals surface area contributed by atoms with Gasteiger partial charge in [0.25, 0.3) is 0 Å². The van der Waals surface area contributed by atoms with E-state index in [0.29, 0.717) is 6.42 Å². The van der Waals surface area contributed by atoms with Gasteiger partial charge in [-0.25, -0.2) is 5.01 Å². The molecule has 2 aliphatic heterocycles. The quantitative estimate of drug-likeness (QED) is 0.814. The van der Waals surface area contributed by atoms with Crippen molar-refractivity contribution in [2.45, 2.75) is 25.3 Å². The molecular formula is C23H27N5O. The number of Topliss-reactive ketones (excluding diaryl/α,β-unsaturated/α-hetero) is 1. The molecule has 0 saturated heterocycles. The Kier molecular flexibility index (Phi) is 5.60. The number of hydrazone groups is 1. The van der Waals surface area contributed by atoms with Crippen molar-refractivity contribution >= 4 is 23.6 Å². The number of nitrogens with zero attached hydrogens (tertiary/aromatic N) is 4. The Hall–Kier alpha value is -3.15. The minimum atomic E-state index is -0.184. The average molecular weight is 390 g/mol. The molecule has 0 bridgehead atoms. The van der Waals surface area contributed by atoms with Gasteiger partial charge >= 0.3 is 0 Å². The SMILES string of the molecule is CN(C)c1cccc(C(=O)CC2c3ccccc3C=NN2C2=NCCCCN2)c1. The number of anilines is 1. The van der Waals surface area contributed by atoms with Gasteiger partial charge in [0.05, 0.1) is 12.3 Å². The average Bonchev–Trinajstić information content (AvgIpc) is 3.03. The van der Waals surface area contributed by atoms with Gasteiger partial charge in [-0.2, -0.15) is 5.10 Å². The summed E-state index contributed by atoms with van der Waals surface area (Å²) in [6, 6.07) is 15.7. The van der Waals surface area contributed by atoms with E-state index < -0.39 is 0 Å². The minimum Gasteiger partial charge on any atom is -0.378 e. The molecule has 4 rings (SSSR count). The van der Waals surface area contributed by atoms with Crippen LogP contribution in [0.3, 0.4) is 0 Å². The monoisotopic (exact) mass is 389 g/mol. The largest absolute Gasteiger partial charge is 0.378 e. The Morgan fingerprint density at radius 3 is 2.90 bits per heavy atom. The lowest BCUT2D eigenvalue weighted by Crippen LogP contribution is -2.42. The van der Waals surface area contributed by atoms with Crippen LogP contribution < -0.4 is 10.2 Å². The zero-order valence-corrected chi connectivity index (χ0v) is 17.0. The molecule has 29 heavy (non-hydrogen) atoms. The van der Waals surface area contributed by atoms with E-state index >= 15 is 0 Å². The molecule has 150 valence electrons. The molecule has 0 amide bonds. The summed E-state index contributed by atoms with van der Waals surface area (Å²) in [5, 5.41) is 9.95. The summed E-state index contributed by atoms with van der Waals surface area (Å²) in [4.78, 5) is 19.9. The Labute approximate surface area is 171 Å². The Morgan fingerprint density at radius 1 is 1.17 bits per heavy atom. The molecule has 1 atom stereocenters. The van der Waals surface area contributed by atoms with Crippen molar-refractivity contribution in [1.82, 2.24) is 10.3 Å². The molecule has 2 aliphatic rings. The number of guanidine groups is 1. The van der Waals surface area contributed by atoms with E-state index in [9.17, 15) is 4.79 Å². The highest BCUT2D eigenvalue weighted by molar-refractivity contribution is 5.98. The number of aliphatic imine (C=N–C) groups is 1. The maximum absolute atomic E-state index is 13.2. The number of nitrogens with one attached hydrogen (secondary N) is 1. The maximum atomic E-state index is 13.2. The van der Waals surface area contributed by atoms with Crippen LogP contribution in [0.2, 0.25) is 0 Å². The molecule has 2 aromatic carbocycles. The Morgan fingerprint density at radius 2 is 2.03 bits per heavy atom. The second-order valence-corrected chi connectivity index (χ2v) is 7.65.